The monoisotopic (exact) mass is 234 g/mol. The summed E-state index contributed by atoms with van der Waals surface area (Å²) in [5, 5.41) is 18.7. The molecule has 1 atom stereocenters. The van der Waals surface area contributed by atoms with Gasteiger partial charge < -0.3 is 5.11 Å². The van der Waals surface area contributed by atoms with Crippen LogP contribution in [-0.4, -0.2) is 24.7 Å². The van der Waals surface area contributed by atoms with E-state index in [9.17, 15) is 5.11 Å². The van der Waals surface area contributed by atoms with Gasteiger partial charge >= 0.3 is 0 Å². The Balaban J connectivity index is 2.27. The molecule has 92 valence electrons. The van der Waals surface area contributed by atoms with E-state index in [1.165, 1.54) is 0 Å². The fourth-order valence-electron chi connectivity index (χ4n) is 1.98. The molecule has 0 amide bonds. The van der Waals surface area contributed by atoms with E-state index in [4.69, 9.17) is 0 Å². The van der Waals surface area contributed by atoms with Crippen LogP contribution < -0.4 is 0 Å². The Hall–Kier alpha value is -1.62. The van der Waals surface area contributed by atoms with E-state index in [0.717, 1.165) is 29.8 Å². The van der Waals surface area contributed by atoms with E-state index in [1.807, 2.05) is 24.9 Å². The van der Waals surface area contributed by atoms with Crippen molar-refractivity contribution >= 4 is 0 Å². The van der Waals surface area contributed by atoms with Crippen molar-refractivity contribution in [3.8, 4) is 0 Å². The molecule has 2 aromatic rings. The van der Waals surface area contributed by atoms with Crippen LogP contribution in [0.3, 0.4) is 0 Å². The van der Waals surface area contributed by atoms with Crippen LogP contribution in [0.1, 0.15) is 36.3 Å². The third-order valence-corrected chi connectivity index (χ3v) is 2.86. The molecule has 0 spiro atoms. The molecule has 0 aromatic carbocycles. The average molecular weight is 234 g/mol. The number of hydrogen-bond acceptors (Lipinski definition) is 3. The molecular formula is C12H18N4O. The molecule has 2 heterocycles. The van der Waals surface area contributed by atoms with Crippen LogP contribution in [0, 0.1) is 6.92 Å². The van der Waals surface area contributed by atoms with Crippen molar-refractivity contribution < 1.29 is 5.11 Å². The predicted octanol–water partition coefficient (Wildman–Crippen LogP) is 1.42. The van der Waals surface area contributed by atoms with E-state index in [-0.39, 0.29) is 0 Å². The SMILES string of the molecule is CCCn1cc(C(O)c2c(C)cnn2C)cn1. The molecule has 1 N–H and O–H groups in total. The standard InChI is InChI=1S/C12H18N4O/c1-4-5-16-8-10(7-14-16)12(17)11-9(2)6-13-15(11)3/h6-8,12,17H,4-5H2,1-3H3. The molecule has 5 nitrogen and oxygen atoms in total. The Morgan fingerprint density at radius 3 is 2.71 bits per heavy atom. The summed E-state index contributed by atoms with van der Waals surface area (Å²) in [5.74, 6) is 0. The second kappa shape index (κ2) is 4.71. The van der Waals surface area contributed by atoms with Crippen molar-refractivity contribution in [2.75, 3.05) is 0 Å². The van der Waals surface area contributed by atoms with Crippen LogP contribution in [0.25, 0.3) is 0 Å². The van der Waals surface area contributed by atoms with Gasteiger partial charge in [-0.2, -0.15) is 10.2 Å². The van der Waals surface area contributed by atoms with Crippen molar-refractivity contribution in [3.63, 3.8) is 0 Å². The summed E-state index contributed by atoms with van der Waals surface area (Å²) in [4.78, 5) is 0. The van der Waals surface area contributed by atoms with E-state index < -0.39 is 6.10 Å². The van der Waals surface area contributed by atoms with Crippen LogP contribution >= 0.6 is 0 Å². The smallest absolute Gasteiger partial charge is 0.124 e. The first-order chi connectivity index (χ1) is 8.13. The molecule has 17 heavy (non-hydrogen) atoms. The quantitative estimate of drug-likeness (QED) is 0.870. The average Bonchev–Trinajstić information content (AvgIpc) is 2.87. The summed E-state index contributed by atoms with van der Waals surface area (Å²) in [5.41, 5.74) is 2.62. The maximum atomic E-state index is 10.3. The van der Waals surface area contributed by atoms with Gasteiger partial charge in [0.1, 0.15) is 6.10 Å². The van der Waals surface area contributed by atoms with Crippen LogP contribution in [-0.2, 0) is 13.6 Å². The zero-order chi connectivity index (χ0) is 12.4. The van der Waals surface area contributed by atoms with Crippen molar-refractivity contribution in [1.82, 2.24) is 19.6 Å². The third kappa shape index (κ3) is 2.24. The highest BCUT2D eigenvalue weighted by Gasteiger charge is 2.18. The topological polar surface area (TPSA) is 55.9 Å². The zero-order valence-electron chi connectivity index (χ0n) is 10.5. The lowest BCUT2D eigenvalue weighted by Crippen LogP contribution is -2.07. The van der Waals surface area contributed by atoms with Crippen molar-refractivity contribution in [1.29, 1.82) is 0 Å². The lowest BCUT2D eigenvalue weighted by Gasteiger charge is -2.10. The number of aliphatic hydroxyl groups excluding tert-OH is 1. The van der Waals surface area contributed by atoms with E-state index in [2.05, 4.69) is 17.1 Å². The minimum absolute atomic E-state index is 0.659. The molecule has 0 aliphatic heterocycles. The van der Waals surface area contributed by atoms with Crippen molar-refractivity contribution in [2.24, 2.45) is 7.05 Å². The van der Waals surface area contributed by atoms with Gasteiger partial charge in [-0.25, -0.2) is 0 Å². The van der Waals surface area contributed by atoms with Gasteiger partial charge in [-0.15, -0.1) is 0 Å². The number of hydrogen-bond donors (Lipinski definition) is 1. The van der Waals surface area contributed by atoms with Crippen LogP contribution in [0.4, 0.5) is 0 Å². The minimum Gasteiger partial charge on any atom is -0.382 e. The predicted molar refractivity (Wildman–Crippen MR) is 64.5 cm³/mol. The highest BCUT2D eigenvalue weighted by molar-refractivity contribution is 5.26. The van der Waals surface area contributed by atoms with Gasteiger partial charge in [-0.3, -0.25) is 9.36 Å². The number of aliphatic hydroxyl groups is 1. The molecule has 0 fully saturated rings. The van der Waals surface area contributed by atoms with Gasteiger partial charge in [0, 0.05) is 25.4 Å². The van der Waals surface area contributed by atoms with Gasteiger partial charge in [0.15, 0.2) is 0 Å². The Bertz CT molecular complexity index is 481. The Labute approximate surface area is 101 Å². The summed E-state index contributed by atoms with van der Waals surface area (Å²) < 4.78 is 3.56. The second-order valence-electron chi connectivity index (χ2n) is 4.28. The fourth-order valence-corrected chi connectivity index (χ4v) is 1.98. The number of aromatic nitrogens is 4. The summed E-state index contributed by atoms with van der Waals surface area (Å²) >= 11 is 0. The third-order valence-electron chi connectivity index (χ3n) is 2.86. The van der Waals surface area contributed by atoms with Crippen molar-refractivity contribution in [2.45, 2.75) is 32.9 Å². The van der Waals surface area contributed by atoms with Gasteiger partial charge in [0.2, 0.25) is 0 Å². The Morgan fingerprint density at radius 2 is 2.12 bits per heavy atom. The Kier molecular flexibility index (Phi) is 3.28. The second-order valence-corrected chi connectivity index (χ2v) is 4.28. The molecule has 0 saturated carbocycles. The van der Waals surface area contributed by atoms with E-state index >= 15 is 0 Å². The maximum Gasteiger partial charge on any atom is 0.124 e. The minimum atomic E-state index is -0.659. The first kappa shape index (κ1) is 11.9. The molecule has 0 saturated heterocycles. The molecule has 2 rings (SSSR count). The molecule has 0 bridgehead atoms. The fraction of sp³-hybridized carbons (Fsp3) is 0.500. The van der Waals surface area contributed by atoms with Crippen molar-refractivity contribution in [3.05, 3.63) is 35.4 Å². The molecule has 0 aliphatic rings. The van der Waals surface area contributed by atoms with Gasteiger partial charge in [-0.1, -0.05) is 6.92 Å². The van der Waals surface area contributed by atoms with Crippen LogP contribution in [0.5, 0.6) is 0 Å². The Morgan fingerprint density at radius 1 is 1.35 bits per heavy atom. The molecular weight excluding hydrogens is 216 g/mol. The van der Waals surface area contributed by atoms with Crippen LogP contribution in [0.2, 0.25) is 0 Å². The zero-order valence-corrected chi connectivity index (χ0v) is 10.5. The largest absolute Gasteiger partial charge is 0.382 e. The van der Waals surface area contributed by atoms with Gasteiger partial charge in [0.25, 0.3) is 0 Å². The van der Waals surface area contributed by atoms with Gasteiger partial charge in [-0.05, 0) is 18.9 Å². The maximum absolute atomic E-state index is 10.3. The first-order valence-electron chi connectivity index (χ1n) is 5.82. The van der Waals surface area contributed by atoms with Gasteiger partial charge in [0.05, 0.1) is 18.1 Å². The normalized spacial score (nSPS) is 12.9. The number of nitrogens with zero attached hydrogens (tertiary/aromatic N) is 4. The number of rotatable bonds is 4. The summed E-state index contributed by atoms with van der Waals surface area (Å²) in [7, 11) is 1.84. The molecule has 2 aromatic heterocycles. The summed E-state index contributed by atoms with van der Waals surface area (Å²) in [6, 6.07) is 0. The summed E-state index contributed by atoms with van der Waals surface area (Å²) in [6.45, 7) is 4.92. The lowest BCUT2D eigenvalue weighted by atomic mass is 10.1. The molecule has 1 unspecified atom stereocenters. The van der Waals surface area contributed by atoms with Crippen LogP contribution in [0.15, 0.2) is 18.6 Å². The number of aryl methyl sites for hydroxylation is 3. The van der Waals surface area contributed by atoms with E-state index in [1.54, 1.807) is 17.1 Å². The molecule has 0 radical (unpaired) electrons. The lowest BCUT2D eigenvalue weighted by molar-refractivity contribution is 0.209. The molecule has 0 aliphatic carbocycles. The summed E-state index contributed by atoms with van der Waals surface area (Å²) in [6.07, 6.45) is 5.73. The highest BCUT2D eigenvalue weighted by Crippen LogP contribution is 2.23. The molecule has 5 heteroatoms. The first-order valence-corrected chi connectivity index (χ1v) is 5.82. The highest BCUT2D eigenvalue weighted by atomic mass is 16.3. The van der Waals surface area contributed by atoms with E-state index in [0.29, 0.717) is 0 Å².